The lowest BCUT2D eigenvalue weighted by molar-refractivity contribution is -0.274. The summed E-state index contributed by atoms with van der Waals surface area (Å²) in [6, 6.07) is 13.2. The quantitative estimate of drug-likeness (QED) is 0.754. The first-order valence-electron chi connectivity index (χ1n) is 8.49. The summed E-state index contributed by atoms with van der Waals surface area (Å²) in [4.78, 5) is 3.11. The van der Waals surface area contributed by atoms with Gasteiger partial charge in [0.25, 0.3) is 0 Å². The number of aliphatic hydroxyl groups is 1. The third kappa shape index (κ3) is 3.81. The fourth-order valence-corrected chi connectivity index (χ4v) is 4.44. The summed E-state index contributed by atoms with van der Waals surface area (Å²) >= 11 is 1.57. The van der Waals surface area contributed by atoms with Crippen LogP contribution in [0.4, 0.5) is 13.2 Å². The van der Waals surface area contributed by atoms with Crippen LogP contribution in [-0.4, -0.2) is 42.8 Å². The lowest BCUT2D eigenvalue weighted by atomic mass is 9.62. The van der Waals surface area contributed by atoms with Gasteiger partial charge in [-0.05, 0) is 48.7 Å². The summed E-state index contributed by atoms with van der Waals surface area (Å²) in [6.07, 6.45) is -2.78. The van der Waals surface area contributed by atoms with E-state index in [2.05, 4.69) is 9.64 Å². The highest BCUT2D eigenvalue weighted by Crippen LogP contribution is 2.50. The molecule has 1 saturated heterocycles. The molecule has 1 N–H and O–H groups in total. The highest BCUT2D eigenvalue weighted by atomic mass is 32.2. The van der Waals surface area contributed by atoms with E-state index in [1.54, 1.807) is 11.8 Å². The average Bonchev–Trinajstić information content (AvgIpc) is 2.59. The molecule has 0 bridgehead atoms. The molecule has 1 atom stereocenters. The molecule has 1 fully saturated rings. The van der Waals surface area contributed by atoms with Crippen LogP contribution in [0.1, 0.15) is 18.1 Å². The molecule has 0 saturated carbocycles. The lowest BCUT2D eigenvalue weighted by Crippen LogP contribution is -2.63. The lowest BCUT2D eigenvalue weighted by Gasteiger charge is -2.56. The van der Waals surface area contributed by atoms with E-state index in [-0.39, 0.29) is 5.75 Å². The van der Waals surface area contributed by atoms with Crippen LogP contribution in [0.15, 0.2) is 53.4 Å². The van der Waals surface area contributed by atoms with Crippen LogP contribution >= 0.6 is 11.8 Å². The van der Waals surface area contributed by atoms with Crippen molar-refractivity contribution in [2.75, 3.05) is 26.4 Å². The zero-order valence-electron chi connectivity index (χ0n) is 15.4. The second-order valence-corrected chi connectivity index (χ2v) is 8.13. The number of benzene rings is 2. The van der Waals surface area contributed by atoms with Gasteiger partial charge in [0.15, 0.2) is 0 Å². The first-order chi connectivity index (χ1) is 12.6. The van der Waals surface area contributed by atoms with Crippen molar-refractivity contribution in [2.45, 2.75) is 23.8 Å². The summed E-state index contributed by atoms with van der Waals surface area (Å²) in [5.74, 6) is -0.303. The number of nitrogens with zero attached hydrogens (tertiary/aromatic N) is 1. The maximum Gasteiger partial charge on any atom is 0.573 e. The Kier molecular flexibility index (Phi) is 5.22. The van der Waals surface area contributed by atoms with Gasteiger partial charge < -0.3 is 14.7 Å². The van der Waals surface area contributed by atoms with E-state index in [0.29, 0.717) is 18.7 Å². The summed E-state index contributed by atoms with van der Waals surface area (Å²) in [7, 11) is 1.97. The van der Waals surface area contributed by atoms with Crippen molar-refractivity contribution >= 4 is 11.8 Å². The number of alkyl halides is 3. The molecule has 1 heterocycles. The normalized spacial score (nSPS) is 19.2. The minimum Gasteiger partial charge on any atom is -0.406 e. The molecule has 0 spiro atoms. The van der Waals surface area contributed by atoms with Crippen LogP contribution in [0.5, 0.6) is 5.75 Å². The minimum atomic E-state index is -4.74. The van der Waals surface area contributed by atoms with Crippen LogP contribution in [0.25, 0.3) is 0 Å². The van der Waals surface area contributed by atoms with E-state index < -0.39 is 17.4 Å². The molecule has 146 valence electrons. The topological polar surface area (TPSA) is 32.7 Å². The van der Waals surface area contributed by atoms with E-state index >= 15 is 0 Å². The van der Waals surface area contributed by atoms with Crippen molar-refractivity contribution in [2.24, 2.45) is 5.41 Å². The predicted molar refractivity (Wildman–Crippen MR) is 100.0 cm³/mol. The van der Waals surface area contributed by atoms with Crippen LogP contribution in [0.2, 0.25) is 0 Å². The van der Waals surface area contributed by atoms with Crippen molar-refractivity contribution in [1.29, 1.82) is 0 Å². The number of halogens is 3. The smallest absolute Gasteiger partial charge is 0.406 e. The van der Waals surface area contributed by atoms with Crippen molar-refractivity contribution in [3.8, 4) is 5.75 Å². The van der Waals surface area contributed by atoms with Gasteiger partial charge in [0, 0.05) is 23.4 Å². The zero-order chi connectivity index (χ0) is 19.9. The summed E-state index contributed by atoms with van der Waals surface area (Å²) in [5.41, 5.74) is -0.520. The number of thioether (sulfide) groups is 1. The molecule has 27 heavy (non-hydrogen) atoms. The van der Waals surface area contributed by atoms with Gasteiger partial charge >= 0.3 is 6.36 Å². The van der Waals surface area contributed by atoms with Crippen molar-refractivity contribution in [3.05, 3.63) is 59.7 Å². The zero-order valence-corrected chi connectivity index (χ0v) is 16.2. The summed E-state index contributed by atoms with van der Waals surface area (Å²) in [6.45, 7) is 3.35. The Morgan fingerprint density at radius 1 is 1.07 bits per heavy atom. The first kappa shape index (κ1) is 20.0. The van der Waals surface area contributed by atoms with Crippen molar-refractivity contribution < 1.29 is 23.0 Å². The van der Waals surface area contributed by atoms with Gasteiger partial charge in [-0.1, -0.05) is 31.2 Å². The Balaban J connectivity index is 2.05. The number of ether oxygens (including phenoxy) is 1. The molecule has 3 nitrogen and oxygen atoms in total. The molecule has 0 aliphatic carbocycles. The fraction of sp³-hybridized carbons (Fsp3) is 0.400. The SMILES string of the molecule is CSc1cccc(C(O)(c2ccc(OC(F)(F)F)cc2)C2(C)CN(C)C2)c1. The van der Waals surface area contributed by atoms with Crippen molar-refractivity contribution in [3.63, 3.8) is 0 Å². The summed E-state index contributed by atoms with van der Waals surface area (Å²) in [5, 5.41) is 11.9. The number of hydrogen-bond acceptors (Lipinski definition) is 4. The second kappa shape index (κ2) is 7.04. The first-order valence-corrected chi connectivity index (χ1v) is 9.72. The molecule has 3 rings (SSSR count). The van der Waals surface area contributed by atoms with Gasteiger partial charge in [-0.15, -0.1) is 24.9 Å². The molecule has 1 unspecified atom stereocenters. The number of likely N-dealkylation sites (tertiary alicyclic amines) is 1. The number of hydrogen-bond donors (Lipinski definition) is 1. The van der Waals surface area contributed by atoms with E-state index in [0.717, 1.165) is 10.5 Å². The highest BCUT2D eigenvalue weighted by molar-refractivity contribution is 7.98. The largest absolute Gasteiger partial charge is 0.573 e. The van der Waals surface area contributed by atoms with Crippen LogP contribution < -0.4 is 4.74 Å². The van der Waals surface area contributed by atoms with E-state index in [9.17, 15) is 18.3 Å². The van der Waals surface area contributed by atoms with Gasteiger partial charge in [-0.2, -0.15) is 0 Å². The molecule has 7 heteroatoms. The highest BCUT2D eigenvalue weighted by Gasteiger charge is 2.55. The Hall–Kier alpha value is -1.70. The van der Waals surface area contributed by atoms with E-state index in [4.69, 9.17) is 0 Å². The Labute approximate surface area is 161 Å². The Morgan fingerprint density at radius 3 is 2.22 bits per heavy atom. The van der Waals surface area contributed by atoms with Crippen LogP contribution in [-0.2, 0) is 5.60 Å². The maximum atomic E-state index is 12.4. The molecule has 0 radical (unpaired) electrons. The van der Waals surface area contributed by atoms with Crippen molar-refractivity contribution in [1.82, 2.24) is 4.90 Å². The van der Waals surface area contributed by atoms with Gasteiger partial charge in [-0.25, -0.2) is 0 Å². The molecule has 0 aromatic heterocycles. The van der Waals surface area contributed by atoms with E-state index in [1.807, 2.05) is 44.5 Å². The molecule has 1 aliphatic heterocycles. The number of rotatable bonds is 5. The Morgan fingerprint density at radius 2 is 1.70 bits per heavy atom. The van der Waals surface area contributed by atoms with E-state index in [1.165, 1.54) is 24.3 Å². The third-order valence-electron chi connectivity index (χ3n) is 5.10. The molecular formula is C20H22F3NO2S. The third-order valence-corrected chi connectivity index (χ3v) is 5.83. The Bertz CT molecular complexity index is 804. The average molecular weight is 397 g/mol. The molecule has 0 amide bonds. The molecule has 2 aromatic carbocycles. The second-order valence-electron chi connectivity index (χ2n) is 7.25. The van der Waals surface area contributed by atoms with Crippen LogP contribution in [0.3, 0.4) is 0 Å². The molecule has 1 aliphatic rings. The van der Waals surface area contributed by atoms with Gasteiger partial charge in [0.05, 0.1) is 0 Å². The predicted octanol–water partition coefficient (Wildman–Crippen LogP) is 4.49. The monoisotopic (exact) mass is 397 g/mol. The fourth-order valence-electron chi connectivity index (χ4n) is 3.98. The molecular weight excluding hydrogens is 375 g/mol. The van der Waals surface area contributed by atoms with Crippen LogP contribution in [0, 0.1) is 5.41 Å². The standard InChI is InChI=1S/C20H22F3NO2S/c1-18(12-24(2)13-18)19(25,15-5-4-6-17(11-15)27-3)14-7-9-16(10-8-14)26-20(21,22)23/h4-11,25H,12-13H2,1-3H3. The maximum absolute atomic E-state index is 12.4. The van der Waals surface area contributed by atoms with Gasteiger partial charge in [0.1, 0.15) is 11.4 Å². The summed E-state index contributed by atoms with van der Waals surface area (Å²) < 4.78 is 41.3. The van der Waals surface area contributed by atoms with Gasteiger partial charge in [0.2, 0.25) is 0 Å². The van der Waals surface area contributed by atoms with Gasteiger partial charge in [-0.3, -0.25) is 0 Å². The molecule has 2 aromatic rings. The minimum absolute atomic E-state index is 0.303.